The van der Waals surface area contributed by atoms with Crippen LogP contribution < -0.4 is 11.3 Å². The zero-order valence-corrected chi connectivity index (χ0v) is 13.4. The van der Waals surface area contributed by atoms with E-state index < -0.39 is 0 Å². The monoisotopic (exact) mass is 376 g/mol. The predicted molar refractivity (Wildman–Crippen MR) is 84.3 cm³/mol. The summed E-state index contributed by atoms with van der Waals surface area (Å²) in [5, 5.41) is 1.09. The summed E-state index contributed by atoms with van der Waals surface area (Å²) < 4.78 is 13.7. The first-order valence-electron chi connectivity index (χ1n) is 5.87. The van der Waals surface area contributed by atoms with Crippen LogP contribution in [-0.4, -0.2) is 0 Å². The summed E-state index contributed by atoms with van der Waals surface area (Å²) >= 11 is 15.5. The molecule has 0 aliphatic heterocycles. The number of halogens is 4. The first-order valence-corrected chi connectivity index (χ1v) is 7.41. The van der Waals surface area contributed by atoms with Gasteiger partial charge in [0.1, 0.15) is 5.82 Å². The molecule has 2 nitrogen and oxygen atoms in total. The van der Waals surface area contributed by atoms with Gasteiger partial charge in [0.05, 0.1) is 10.5 Å². The van der Waals surface area contributed by atoms with Gasteiger partial charge < -0.3 is 0 Å². The molecule has 0 aromatic heterocycles. The number of hydrogen-bond acceptors (Lipinski definition) is 2. The zero-order valence-electron chi connectivity index (χ0n) is 10.3. The van der Waals surface area contributed by atoms with Crippen molar-refractivity contribution in [1.29, 1.82) is 0 Å². The van der Waals surface area contributed by atoms with E-state index in [1.54, 1.807) is 30.3 Å². The van der Waals surface area contributed by atoms with Crippen LogP contribution in [0.5, 0.6) is 0 Å². The van der Waals surface area contributed by atoms with Gasteiger partial charge >= 0.3 is 0 Å². The summed E-state index contributed by atoms with van der Waals surface area (Å²) in [5.74, 6) is 5.30. The van der Waals surface area contributed by atoms with Gasteiger partial charge in [-0.25, -0.2) is 4.39 Å². The summed E-state index contributed by atoms with van der Waals surface area (Å²) in [6.07, 6.45) is 0.541. The second kappa shape index (κ2) is 6.87. The predicted octanol–water partition coefficient (Wildman–Crippen LogP) is 4.64. The molecule has 2 rings (SSSR count). The highest BCUT2D eigenvalue weighted by Crippen LogP contribution is 2.32. The molecule has 0 heterocycles. The molecule has 0 spiro atoms. The Hall–Kier alpha value is -0.650. The molecule has 0 fully saturated rings. The fourth-order valence-corrected chi connectivity index (χ4v) is 3.08. The molecule has 0 saturated heterocycles. The number of rotatable bonds is 4. The highest BCUT2D eigenvalue weighted by Gasteiger charge is 2.17. The molecule has 106 valence electrons. The van der Waals surface area contributed by atoms with Crippen molar-refractivity contribution in [3.05, 3.63) is 67.9 Å². The molecule has 20 heavy (non-hydrogen) atoms. The molecule has 2 aromatic carbocycles. The van der Waals surface area contributed by atoms with Crippen LogP contribution in [0.2, 0.25) is 10.0 Å². The van der Waals surface area contributed by atoms with Crippen LogP contribution in [0.4, 0.5) is 4.39 Å². The third-order valence-corrected chi connectivity index (χ3v) is 4.24. The topological polar surface area (TPSA) is 38.0 Å². The molecule has 2 aromatic rings. The Bertz CT molecular complexity index is 602. The minimum atomic E-state index is -0.304. The van der Waals surface area contributed by atoms with Gasteiger partial charge in [-0.05, 0) is 52.2 Å². The minimum absolute atomic E-state index is 0.256. The van der Waals surface area contributed by atoms with E-state index in [1.807, 2.05) is 0 Å². The van der Waals surface area contributed by atoms with Gasteiger partial charge in [-0.1, -0.05) is 35.3 Å². The number of nitrogens with two attached hydrogens (primary N) is 1. The van der Waals surface area contributed by atoms with E-state index in [4.69, 9.17) is 29.0 Å². The lowest BCUT2D eigenvalue weighted by atomic mass is 9.99. The molecular formula is C14H12BrCl2FN2. The Labute approximate surface area is 135 Å². The van der Waals surface area contributed by atoms with Crippen molar-refractivity contribution < 1.29 is 4.39 Å². The van der Waals surface area contributed by atoms with Gasteiger partial charge in [-0.15, -0.1) is 0 Å². The van der Waals surface area contributed by atoms with Gasteiger partial charge in [0.2, 0.25) is 0 Å². The Morgan fingerprint density at radius 2 is 1.85 bits per heavy atom. The van der Waals surface area contributed by atoms with E-state index >= 15 is 0 Å². The lowest BCUT2D eigenvalue weighted by molar-refractivity contribution is 0.550. The Morgan fingerprint density at radius 3 is 2.40 bits per heavy atom. The van der Waals surface area contributed by atoms with E-state index in [-0.39, 0.29) is 11.9 Å². The maximum absolute atomic E-state index is 13.2. The molecule has 3 N–H and O–H groups in total. The largest absolute Gasteiger partial charge is 0.271 e. The second-order valence-electron chi connectivity index (χ2n) is 4.31. The summed E-state index contributed by atoms with van der Waals surface area (Å²) in [5.41, 5.74) is 4.35. The van der Waals surface area contributed by atoms with Crippen molar-refractivity contribution in [1.82, 2.24) is 5.43 Å². The SMILES string of the molecule is NNC(Cc1ccc(F)c(Br)c1)c1c(Cl)cccc1Cl. The lowest BCUT2D eigenvalue weighted by Gasteiger charge is -2.19. The first-order chi connectivity index (χ1) is 9.52. The smallest absolute Gasteiger partial charge is 0.137 e. The molecule has 0 amide bonds. The van der Waals surface area contributed by atoms with Crippen LogP contribution >= 0.6 is 39.1 Å². The zero-order chi connectivity index (χ0) is 14.7. The fraction of sp³-hybridized carbons (Fsp3) is 0.143. The molecule has 0 saturated carbocycles. The van der Waals surface area contributed by atoms with Crippen molar-refractivity contribution in [2.75, 3.05) is 0 Å². The molecule has 6 heteroatoms. The summed E-state index contributed by atoms with van der Waals surface area (Å²) in [6, 6.07) is 9.85. The maximum atomic E-state index is 13.2. The van der Waals surface area contributed by atoms with Crippen LogP contribution in [0.1, 0.15) is 17.2 Å². The summed E-state index contributed by atoms with van der Waals surface area (Å²) in [4.78, 5) is 0. The first kappa shape index (κ1) is 15.7. The van der Waals surface area contributed by atoms with Crippen molar-refractivity contribution in [3.63, 3.8) is 0 Å². The molecule has 1 unspecified atom stereocenters. The third kappa shape index (κ3) is 3.51. The van der Waals surface area contributed by atoms with Gasteiger partial charge in [0.15, 0.2) is 0 Å². The maximum Gasteiger partial charge on any atom is 0.137 e. The quantitative estimate of drug-likeness (QED) is 0.601. The van der Waals surface area contributed by atoms with Gasteiger partial charge in [-0.2, -0.15) is 0 Å². The minimum Gasteiger partial charge on any atom is -0.271 e. The van der Waals surface area contributed by atoms with Gasteiger partial charge in [0, 0.05) is 15.6 Å². The summed E-state index contributed by atoms with van der Waals surface area (Å²) in [7, 11) is 0. The van der Waals surface area contributed by atoms with Crippen LogP contribution in [-0.2, 0) is 6.42 Å². The standard InChI is InChI=1S/C14H12BrCl2FN2/c15-9-6-8(4-5-12(9)18)7-13(20-19)14-10(16)2-1-3-11(14)17/h1-6,13,20H,7,19H2. The van der Waals surface area contributed by atoms with E-state index in [9.17, 15) is 4.39 Å². The normalized spacial score (nSPS) is 12.4. The lowest BCUT2D eigenvalue weighted by Crippen LogP contribution is -2.30. The van der Waals surface area contributed by atoms with Crippen LogP contribution in [0.3, 0.4) is 0 Å². The molecule has 0 radical (unpaired) electrons. The number of benzene rings is 2. The number of hydrazine groups is 1. The van der Waals surface area contributed by atoms with Crippen LogP contribution in [0.15, 0.2) is 40.9 Å². The highest BCUT2D eigenvalue weighted by molar-refractivity contribution is 9.10. The van der Waals surface area contributed by atoms with E-state index in [0.717, 1.165) is 11.1 Å². The average Bonchev–Trinajstić information content (AvgIpc) is 2.41. The van der Waals surface area contributed by atoms with E-state index in [1.165, 1.54) is 6.07 Å². The third-order valence-electron chi connectivity index (χ3n) is 2.97. The highest BCUT2D eigenvalue weighted by atomic mass is 79.9. The van der Waals surface area contributed by atoms with E-state index in [0.29, 0.717) is 20.9 Å². The molecule has 0 aliphatic rings. The van der Waals surface area contributed by atoms with Crippen LogP contribution in [0, 0.1) is 5.82 Å². The van der Waals surface area contributed by atoms with Gasteiger partial charge in [-0.3, -0.25) is 11.3 Å². The fourth-order valence-electron chi connectivity index (χ4n) is 1.99. The van der Waals surface area contributed by atoms with E-state index in [2.05, 4.69) is 21.4 Å². The molecule has 0 bridgehead atoms. The molecular weight excluding hydrogens is 366 g/mol. The second-order valence-corrected chi connectivity index (χ2v) is 5.98. The molecule has 0 aliphatic carbocycles. The van der Waals surface area contributed by atoms with Crippen molar-refractivity contribution in [3.8, 4) is 0 Å². The van der Waals surface area contributed by atoms with Crippen molar-refractivity contribution in [2.45, 2.75) is 12.5 Å². The number of hydrogen-bond donors (Lipinski definition) is 2. The Balaban J connectivity index is 2.31. The number of nitrogens with one attached hydrogen (secondary N) is 1. The Morgan fingerprint density at radius 1 is 1.20 bits per heavy atom. The van der Waals surface area contributed by atoms with Crippen molar-refractivity contribution >= 4 is 39.1 Å². The van der Waals surface area contributed by atoms with Crippen LogP contribution in [0.25, 0.3) is 0 Å². The average molecular weight is 378 g/mol. The summed E-state index contributed by atoms with van der Waals surface area (Å²) in [6.45, 7) is 0. The van der Waals surface area contributed by atoms with Crippen molar-refractivity contribution in [2.24, 2.45) is 5.84 Å². The van der Waals surface area contributed by atoms with Gasteiger partial charge in [0.25, 0.3) is 0 Å². The molecule has 1 atom stereocenters. The Kier molecular flexibility index (Phi) is 5.41.